The van der Waals surface area contributed by atoms with Crippen LogP contribution in [0.3, 0.4) is 0 Å². The highest BCUT2D eigenvalue weighted by molar-refractivity contribution is 6.08. The van der Waals surface area contributed by atoms with E-state index in [-0.39, 0.29) is 47.3 Å². The Morgan fingerprint density at radius 2 is 1.11 bits per heavy atom. The monoisotopic (exact) mass is 296 g/mol. The van der Waals surface area contributed by atoms with E-state index in [0.29, 0.717) is 0 Å². The van der Waals surface area contributed by atoms with Gasteiger partial charge in [-0.05, 0) is 12.1 Å². The van der Waals surface area contributed by atoms with Gasteiger partial charge < -0.3 is 11.5 Å². The summed E-state index contributed by atoms with van der Waals surface area (Å²) in [4.78, 5) is 22.7. The summed E-state index contributed by atoms with van der Waals surface area (Å²) in [6.07, 6.45) is 0. The molecule has 0 unspecified atom stereocenters. The first-order chi connectivity index (χ1) is 7.51. The van der Waals surface area contributed by atoms with Gasteiger partial charge in [-0.25, -0.2) is 11.7 Å². The lowest BCUT2D eigenvalue weighted by Gasteiger charge is -2.09. The van der Waals surface area contributed by atoms with Crippen LogP contribution in [-0.2, 0) is 0 Å². The average molecular weight is 297 g/mol. The molecule has 0 aromatic heterocycles. The quantitative estimate of drug-likeness (QED) is 0.176. The number of hydrogen-bond acceptors (Lipinski definition) is 6. The zero-order valence-electron chi connectivity index (χ0n) is 9.10. The molecule has 0 aliphatic carbocycles. The minimum atomic E-state index is -0.662. The number of carbonyl (C=O) groups excluding carboxylic acids is 2. The van der Waals surface area contributed by atoms with Crippen molar-refractivity contribution in [2.75, 3.05) is 11.5 Å². The Hall–Kier alpha value is -1.74. The highest BCUT2D eigenvalue weighted by Crippen LogP contribution is 2.21. The van der Waals surface area contributed by atoms with Gasteiger partial charge in [0.25, 0.3) is 11.8 Å². The van der Waals surface area contributed by atoms with E-state index < -0.39 is 11.8 Å². The van der Waals surface area contributed by atoms with Gasteiger partial charge in [0.1, 0.15) is 0 Å². The number of hydrazine groups is 2. The van der Waals surface area contributed by atoms with Crippen molar-refractivity contribution in [2.24, 2.45) is 11.7 Å². The van der Waals surface area contributed by atoms with Crippen LogP contribution in [0.1, 0.15) is 20.7 Å². The number of hydrogen-bond donors (Lipinski definition) is 6. The predicted octanol–water partition coefficient (Wildman–Crippen LogP) is -1.10. The fraction of sp³-hybridized carbons (Fsp3) is 0. The Kier molecular flexibility index (Phi) is 7.82. The first-order valence-corrected chi connectivity index (χ1v) is 4.22. The second-order valence-electron chi connectivity index (χ2n) is 2.97. The Labute approximate surface area is 115 Å². The van der Waals surface area contributed by atoms with Crippen LogP contribution in [0.25, 0.3) is 0 Å². The second kappa shape index (κ2) is 7.56. The molecule has 0 spiro atoms. The maximum absolute atomic E-state index is 11.4. The van der Waals surface area contributed by atoms with Crippen molar-refractivity contribution >= 4 is 48.0 Å². The minimum absolute atomic E-state index is 0. The number of benzene rings is 1. The molecule has 0 saturated carbocycles. The molecule has 1 rings (SSSR count). The van der Waals surface area contributed by atoms with Crippen molar-refractivity contribution < 1.29 is 9.59 Å². The number of nitrogens with one attached hydrogen (secondary N) is 2. The third-order valence-electron chi connectivity index (χ3n) is 1.97. The van der Waals surface area contributed by atoms with Gasteiger partial charge in [-0.15, -0.1) is 24.8 Å². The molecule has 0 radical (unpaired) electrons. The molecule has 0 bridgehead atoms. The van der Waals surface area contributed by atoms with E-state index in [9.17, 15) is 9.59 Å². The summed E-state index contributed by atoms with van der Waals surface area (Å²) >= 11 is 0. The van der Waals surface area contributed by atoms with E-state index >= 15 is 0 Å². The standard InChI is InChI=1S/C8H12N6O2.2ClH/c9-5-1-3(7(15)13-11)4(2-6(5)10)8(16)14-12;;/h1-2H,9-12H2,(H,13,15)(H,14,16);2*1H. The molecule has 0 aliphatic heterocycles. The van der Waals surface area contributed by atoms with Gasteiger partial charge in [-0.2, -0.15) is 0 Å². The molecule has 2 amide bonds. The molecule has 18 heavy (non-hydrogen) atoms. The van der Waals surface area contributed by atoms with Crippen molar-refractivity contribution in [3.8, 4) is 0 Å². The molecule has 1 aromatic rings. The Balaban J connectivity index is 0. The summed E-state index contributed by atoms with van der Waals surface area (Å²) in [6.45, 7) is 0. The number of anilines is 2. The normalized spacial score (nSPS) is 8.56. The smallest absolute Gasteiger partial charge is 0.266 e. The molecule has 0 atom stereocenters. The van der Waals surface area contributed by atoms with Crippen LogP contribution < -0.4 is 34.0 Å². The summed E-state index contributed by atoms with van der Waals surface area (Å²) in [6, 6.07) is 2.50. The van der Waals surface area contributed by atoms with Crippen molar-refractivity contribution in [3.63, 3.8) is 0 Å². The van der Waals surface area contributed by atoms with Crippen LogP contribution >= 0.6 is 24.8 Å². The molecule has 8 nitrogen and oxygen atoms in total. The summed E-state index contributed by atoms with van der Waals surface area (Å²) in [7, 11) is 0. The lowest BCUT2D eigenvalue weighted by Crippen LogP contribution is -2.35. The first kappa shape index (κ1) is 18.6. The summed E-state index contributed by atoms with van der Waals surface area (Å²) in [5.74, 6) is 8.61. The zero-order valence-corrected chi connectivity index (χ0v) is 10.7. The number of rotatable bonds is 2. The molecule has 0 heterocycles. The molecule has 1 aromatic carbocycles. The highest BCUT2D eigenvalue weighted by Gasteiger charge is 2.17. The van der Waals surface area contributed by atoms with Gasteiger partial charge in [0, 0.05) is 0 Å². The molecule has 0 saturated heterocycles. The minimum Gasteiger partial charge on any atom is -0.397 e. The van der Waals surface area contributed by atoms with Crippen molar-refractivity contribution in [3.05, 3.63) is 23.3 Å². The third kappa shape index (κ3) is 3.64. The maximum Gasteiger partial charge on any atom is 0.266 e. The van der Waals surface area contributed by atoms with Gasteiger partial charge in [0.15, 0.2) is 0 Å². The van der Waals surface area contributed by atoms with Gasteiger partial charge in [0.2, 0.25) is 0 Å². The summed E-state index contributed by atoms with van der Waals surface area (Å²) < 4.78 is 0. The van der Waals surface area contributed by atoms with Crippen molar-refractivity contribution in [1.82, 2.24) is 10.9 Å². The average Bonchev–Trinajstić information content (AvgIpc) is 2.30. The van der Waals surface area contributed by atoms with E-state index in [0.717, 1.165) is 0 Å². The van der Waals surface area contributed by atoms with E-state index in [1.165, 1.54) is 12.1 Å². The SMILES string of the molecule is Cl.Cl.NNC(=O)c1cc(N)c(N)cc1C(=O)NN. The summed E-state index contributed by atoms with van der Waals surface area (Å²) in [5.41, 5.74) is 15.2. The van der Waals surface area contributed by atoms with E-state index in [2.05, 4.69) is 0 Å². The fourth-order valence-corrected chi connectivity index (χ4v) is 1.16. The first-order valence-electron chi connectivity index (χ1n) is 4.22. The Morgan fingerprint density at radius 1 is 0.833 bits per heavy atom. The van der Waals surface area contributed by atoms with E-state index in [1.54, 1.807) is 0 Å². The topological polar surface area (TPSA) is 162 Å². The number of nitrogen functional groups attached to an aromatic ring is 4. The van der Waals surface area contributed by atoms with E-state index in [1.807, 2.05) is 10.9 Å². The number of nitrogens with two attached hydrogens (primary N) is 4. The van der Waals surface area contributed by atoms with Crippen molar-refractivity contribution in [1.29, 1.82) is 0 Å². The number of carbonyl (C=O) groups is 2. The molecule has 10 N–H and O–H groups in total. The van der Waals surface area contributed by atoms with Gasteiger partial charge in [-0.1, -0.05) is 0 Å². The molecular weight excluding hydrogens is 283 g/mol. The number of amides is 2. The van der Waals surface area contributed by atoms with Crippen molar-refractivity contribution in [2.45, 2.75) is 0 Å². The molecule has 10 heteroatoms. The summed E-state index contributed by atoms with van der Waals surface area (Å²) in [5, 5.41) is 0. The van der Waals surface area contributed by atoms with E-state index in [4.69, 9.17) is 23.2 Å². The fourth-order valence-electron chi connectivity index (χ4n) is 1.16. The molecule has 0 fully saturated rings. The van der Waals surface area contributed by atoms with Crippen LogP contribution in [0.4, 0.5) is 11.4 Å². The Bertz CT molecular complexity index is 412. The van der Waals surface area contributed by atoms with Crippen LogP contribution in [0.5, 0.6) is 0 Å². The molecular formula is C8H14Cl2N6O2. The largest absolute Gasteiger partial charge is 0.397 e. The zero-order chi connectivity index (χ0) is 12.3. The second-order valence-corrected chi connectivity index (χ2v) is 2.97. The molecule has 0 aliphatic rings. The van der Waals surface area contributed by atoms with Gasteiger partial charge >= 0.3 is 0 Å². The van der Waals surface area contributed by atoms with Crippen LogP contribution in [0.15, 0.2) is 12.1 Å². The van der Waals surface area contributed by atoms with Crippen LogP contribution in [-0.4, -0.2) is 11.8 Å². The van der Waals surface area contributed by atoms with Crippen LogP contribution in [0, 0.1) is 0 Å². The predicted molar refractivity (Wildman–Crippen MR) is 73.1 cm³/mol. The Morgan fingerprint density at radius 3 is 1.33 bits per heavy atom. The van der Waals surface area contributed by atoms with Crippen LogP contribution in [0.2, 0.25) is 0 Å². The lowest BCUT2D eigenvalue weighted by molar-refractivity contribution is 0.0920. The maximum atomic E-state index is 11.4. The number of halogens is 2. The molecule has 102 valence electrons. The van der Waals surface area contributed by atoms with Gasteiger partial charge in [-0.3, -0.25) is 20.4 Å². The lowest BCUT2D eigenvalue weighted by atomic mass is 10.0. The highest BCUT2D eigenvalue weighted by atomic mass is 35.5. The van der Waals surface area contributed by atoms with Gasteiger partial charge in [0.05, 0.1) is 22.5 Å². The third-order valence-corrected chi connectivity index (χ3v) is 1.97.